The number of amides is 1. The topological polar surface area (TPSA) is 106 Å². The molecule has 0 aliphatic heterocycles. The van der Waals surface area contributed by atoms with Crippen LogP contribution in [0.15, 0.2) is 101 Å². The minimum Gasteiger partial charge on any atom is -0.322 e. The summed E-state index contributed by atoms with van der Waals surface area (Å²) in [5, 5.41) is 10.8. The second-order valence-corrected chi connectivity index (χ2v) is 7.42. The maximum atomic E-state index is 13.1. The predicted octanol–water partition coefficient (Wildman–Crippen LogP) is 4.19. The van der Waals surface area contributed by atoms with Crippen LogP contribution in [-0.4, -0.2) is 25.8 Å². The molecule has 0 aliphatic carbocycles. The average Bonchev–Trinajstić information content (AvgIpc) is 3.52. The van der Waals surface area contributed by atoms with Crippen LogP contribution in [0.3, 0.4) is 0 Å². The number of aromatic nitrogens is 4. The van der Waals surface area contributed by atoms with Gasteiger partial charge in [-0.25, -0.2) is 4.79 Å². The molecule has 8 nitrogen and oxygen atoms in total. The van der Waals surface area contributed by atoms with Gasteiger partial charge in [0.1, 0.15) is 0 Å². The van der Waals surface area contributed by atoms with Gasteiger partial charge in [-0.2, -0.15) is 5.10 Å². The highest BCUT2D eigenvalue weighted by Gasteiger charge is 2.14. The van der Waals surface area contributed by atoms with Gasteiger partial charge in [0.25, 0.3) is 5.91 Å². The average molecular weight is 437 g/mol. The molecule has 0 fully saturated rings. The Bertz CT molecular complexity index is 1450. The molecule has 0 saturated heterocycles. The quantitative estimate of drug-likeness (QED) is 0.414. The van der Waals surface area contributed by atoms with E-state index in [-0.39, 0.29) is 5.91 Å². The van der Waals surface area contributed by atoms with E-state index in [0.717, 1.165) is 16.7 Å². The molecule has 8 heteroatoms. The van der Waals surface area contributed by atoms with Crippen LogP contribution in [0.5, 0.6) is 0 Å². The zero-order valence-corrected chi connectivity index (χ0v) is 17.4. The molecule has 0 bridgehead atoms. The normalized spacial score (nSPS) is 10.8. The van der Waals surface area contributed by atoms with Gasteiger partial charge in [0.05, 0.1) is 6.54 Å². The van der Waals surface area contributed by atoms with Crippen molar-refractivity contribution in [1.29, 1.82) is 0 Å². The van der Waals surface area contributed by atoms with Crippen LogP contribution < -0.4 is 11.1 Å². The van der Waals surface area contributed by atoms with Crippen LogP contribution in [0.2, 0.25) is 0 Å². The van der Waals surface area contributed by atoms with Gasteiger partial charge in [0, 0.05) is 29.2 Å². The number of carbonyl (C=O) groups excluding carboxylic acids is 1. The van der Waals surface area contributed by atoms with Crippen molar-refractivity contribution in [3.05, 3.63) is 113 Å². The number of hydrogen-bond acceptors (Lipinski definition) is 5. The lowest BCUT2D eigenvalue weighted by atomic mass is 9.98. The molecule has 0 unspecified atom stereocenters. The monoisotopic (exact) mass is 437 g/mol. The van der Waals surface area contributed by atoms with Crippen molar-refractivity contribution in [2.24, 2.45) is 0 Å². The molecule has 2 heterocycles. The Labute approximate surface area is 188 Å². The van der Waals surface area contributed by atoms with Crippen LogP contribution >= 0.6 is 0 Å². The Kier molecular flexibility index (Phi) is 5.38. The lowest BCUT2D eigenvalue weighted by molar-refractivity contribution is 0.102. The van der Waals surface area contributed by atoms with E-state index in [1.165, 1.54) is 0 Å². The number of rotatable bonds is 6. The summed E-state index contributed by atoms with van der Waals surface area (Å²) >= 11 is 0. The number of benzene rings is 3. The van der Waals surface area contributed by atoms with E-state index >= 15 is 0 Å². The number of carbonyl (C=O) groups is 1. The third-order valence-corrected chi connectivity index (χ3v) is 5.17. The molecule has 2 N–H and O–H groups in total. The molecule has 0 aliphatic rings. The molecule has 0 atom stereocenters. The molecule has 3 aromatic carbocycles. The second-order valence-electron chi connectivity index (χ2n) is 7.42. The van der Waals surface area contributed by atoms with Gasteiger partial charge >= 0.3 is 5.76 Å². The number of aromatic amines is 1. The Morgan fingerprint density at radius 1 is 0.970 bits per heavy atom. The van der Waals surface area contributed by atoms with Crippen LogP contribution in [0.4, 0.5) is 5.69 Å². The number of H-pyrrole nitrogens is 1. The number of nitrogens with one attached hydrogen (secondary N) is 2. The largest absolute Gasteiger partial charge is 0.439 e. The highest BCUT2D eigenvalue weighted by molar-refractivity contribution is 6.08. The Hall–Kier alpha value is -4.72. The number of nitrogens with zero attached hydrogens (tertiary/aromatic N) is 3. The summed E-state index contributed by atoms with van der Waals surface area (Å²) in [7, 11) is 0. The van der Waals surface area contributed by atoms with E-state index < -0.39 is 5.76 Å². The van der Waals surface area contributed by atoms with Gasteiger partial charge in [-0.3, -0.25) is 19.0 Å². The van der Waals surface area contributed by atoms with Gasteiger partial charge in [0.15, 0.2) is 5.82 Å². The van der Waals surface area contributed by atoms with Crippen LogP contribution in [0.25, 0.3) is 22.5 Å². The molecule has 1 amide bonds. The summed E-state index contributed by atoms with van der Waals surface area (Å²) < 4.78 is 6.42. The van der Waals surface area contributed by atoms with Crippen molar-refractivity contribution < 1.29 is 9.32 Å². The van der Waals surface area contributed by atoms with E-state index in [1.54, 1.807) is 36.5 Å². The van der Waals surface area contributed by atoms with E-state index in [2.05, 4.69) is 25.1 Å². The van der Waals surface area contributed by atoms with Gasteiger partial charge in [0.2, 0.25) is 0 Å². The minimum atomic E-state index is -0.635. The van der Waals surface area contributed by atoms with Crippen LogP contribution in [-0.2, 0) is 6.54 Å². The Balaban J connectivity index is 1.37. The van der Waals surface area contributed by atoms with Gasteiger partial charge in [-0.15, -0.1) is 0 Å². The zero-order valence-electron chi connectivity index (χ0n) is 17.4. The molecular formula is C25H19N5O3. The first kappa shape index (κ1) is 20.2. The third-order valence-electron chi connectivity index (χ3n) is 5.17. The van der Waals surface area contributed by atoms with Crippen molar-refractivity contribution in [2.75, 3.05) is 5.32 Å². The molecule has 2 aromatic heterocycles. The fraction of sp³-hybridized carbons (Fsp3) is 0.0400. The molecule has 0 spiro atoms. The smallest absolute Gasteiger partial charge is 0.322 e. The summed E-state index contributed by atoms with van der Waals surface area (Å²) in [6.07, 6.45) is 3.67. The number of hydrogen-bond donors (Lipinski definition) is 2. The fourth-order valence-electron chi connectivity index (χ4n) is 3.60. The van der Waals surface area contributed by atoms with E-state index in [0.29, 0.717) is 29.2 Å². The Morgan fingerprint density at radius 2 is 1.82 bits per heavy atom. The number of anilines is 1. The van der Waals surface area contributed by atoms with Crippen LogP contribution in [0.1, 0.15) is 15.9 Å². The van der Waals surface area contributed by atoms with Crippen LogP contribution in [0, 0.1) is 0 Å². The molecule has 162 valence electrons. The zero-order chi connectivity index (χ0) is 22.6. The summed E-state index contributed by atoms with van der Waals surface area (Å²) in [6, 6.07) is 24.5. The van der Waals surface area contributed by atoms with E-state index in [9.17, 15) is 9.59 Å². The van der Waals surface area contributed by atoms with E-state index in [1.807, 2.05) is 59.4 Å². The van der Waals surface area contributed by atoms with Crippen molar-refractivity contribution in [3.63, 3.8) is 0 Å². The molecule has 5 aromatic rings. The lowest BCUT2D eigenvalue weighted by Gasteiger charge is -2.12. The maximum absolute atomic E-state index is 13.1. The maximum Gasteiger partial charge on any atom is 0.439 e. The van der Waals surface area contributed by atoms with Gasteiger partial charge in [-0.05, 0) is 41.0 Å². The summed E-state index contributed by atoms with van der Waals surface area (Å²) in [5.74, 6) is -0.576. The Morgan fingerprint density at radius 3 is 2.58 bits per heavy atom. The second kappa shape index (κ2) is 8.80. The first-order valence-corrected chi connectivity index (χ1v) is 10.3. The van der Waals surface area contributed by atoms with Gasteiger partial charge in [-0.1, -0.05) is 59.8 Å². The molecular weight excluding hydrogens is 418 g/mol. The summed E-state index contributed by atoms with van der Waals surface area (Å²) in [4.78, 5) is 26.9. The van der Waals surface area contributed by atoms with Crippen molar-refractivity contribution in [1.82, 2.24) is 19.9 Å². The highest BCUT2D eigenvalue weighted by Crippen LogP contribution is 2.26. The molecule has 5 rings (SSSR count). The summed E-state index contributed by atoms with van der Waals surface area (Å²) in [5.41, 5.74) is 4.65. The standard InChI is InChI=1S/C25H19N5O3/c31-24(27-20-6-3-5-19(15-20)23-28-25(32)33-29-23)22-8-2-1-7-21(22)18-11-9-17(10-12-18)16-30-14-4-13-26-30/h1-15H,16H2,(H,27,31)(H,28,29,32). The lowest BCUT2D eigenvalue weighted by Crippen LogP contribution is -2.13. The molecule has 0 radical (unpaired) electrons. The van der Waals surface area contributed by atoms with Crippen molar-refractivity contribution >= 4 is 11.6 Å². The SMILES string of the molecule is O=C(Nc1cccc(-c2noc(=O)[nH]2)c1)c1ccccc1-c1ccc(Cn2cccn2)cc1. The molecule has 0 saturated carbocycles. The first-order chi connectivity index (χ1) is 16.2. The van der Waals surface area contributed by atoms with Crippen molar-refractivity contribution in [2.45, 2.75) is 6.54 Å². The predicted molar refractivity (Wildman–Crippen MR) is 124 cm³/mol. The third kappa shape index (κ3) is 4.49. The summed E-state index contributed by atoms with van der Waals surface area (Å²) in [6.45, 7) is 0.683. The fourth-order valence-corrected chi connectivity index (χ4v) is 3.60. The molecule has 33 heavy (non-hydrogen) atoms. The van der Waals surface area contributed by atoms with Crippen molar-refractivity contribution in [3.8, 4) is 22.5 Å². The van der Waals surface area contributed by atoms with Gasteiger partial charge < -0.3 is 5.32 Å². The minimum absolute atomic E-state index is 0.239. The highest BCUT2D eigenvalue weighted by atomic mass is 16.5. The van der Waals surface area contributed by atoms with E-state index in [4.69, 9.17) is 0 Å². The first-order valence-electron chi connectivity index (χ1n) is 10.3.